The Morgan fingerprint density at radius 2 is 2.21 bits per heavy atom. The second-order valence-corrected chi connectivity index (χ2v) is 5.97. The second kappa shape index (κ2) is 5.92. The molecule has 4 rings (SSSR count). The fourth-order valence-corrected chi connectivity index (χ4v) is 3.16. The summed E-state index contributed by atoms with van der Waals surface area (Å²) in [6.45, 7) is 0. The molecule has 0 spiro atoms. The first-order chi connectivity index (χ1) is 11.7. The van der Waals surface area contributed by atoms with E-state index in [-0.39, 0.29) is 11.9 Å². The zero-order valence-electron chi connectivity index (χ0n) is 13.4. The number of carbonyl (C=O) groups excluding carboxylic acids is 1. The smallest absolute Gasteiger partial charge is 0.254 e. The van der Waals surface area contributed by atoms with E-state index in [1.165, 1.54) is 0 Å². The summed E-state index contributed by atoms with van der Waals surface area (Å²) in [6.07, 6.45) is 9.75. The molecule has 0 radical (unpaired) electrons. The summed E-state index contributed by atoms with van der Waals surface area (Å²) in [5.74, 6) is 0.699. The van der Waals surface area contributed by atoms with Crippen LogP contribution in [0.5, 0.6) is 0 Å². The second-order valence-electron chi connectivity index (χ2n) is 5.97. The average molecular weight is 322 g/mol. The number of hydrogen-bond donors (Lipinski definition) is 1. The quantitative estimate of drug-likeness (QED) is 0.798. The molecule has 24 heavy (non-hydrogen) atoms. The van der Waals surface area contributed by atoms with Crippen molar-refractivity contribution in [3.63, 3.8) is 0 Å². The Labute approximate surface area is 139 Å². The van der Waals surface area contributed by atoms with Crippen LogP contribution in [0.3, 0.4) is 0 Å². The van der Waals surface area contributed by atoms with Crippen molar-refractivity contribution in [1.82, 2.24) is 29.9 Å². The van der Waals surface area contributed by atoms with Crippen molar-refractivity contribution in [2.45, 2.75) is 25.3 Å². The maximum Gasteiger partial charge on any atom is 0.254 e. The first-order valence-corrected chi connectivity index (χ1v) is 8.00. The summed E-state index contributed by atoms with van der Waals surface area (Å²) in [6, 6.07) is 5.74. The lowest BCUT2D eigenvalue weighted by molar-refractivity contribution is 0.0932. The van der Waals surface area contributed by atoms with Crippen molar-refractivity contribution < 1.29 is 4.79 Å². The van der Waals surface area contributed by atoms with Gasteiger partial charge in [0.1, 0.15) is 0 Å². The number of aromatic nitrogens is 5. The molecule has 1 atom stereocenters. The molecular weight excluding hydrogens is 304 g/mol. The zero-order valence-corrected chi connectivity index (χ0v) is 13.4. The molecule has 0 saturated heterocycles. The maximum absolute atomic E-state index is 12.4. The highest BCUT2D eigenvalue weighted by Gasteiger charge is 2.26. The number of aryl methyl sites for hydroxylation is 1. The summed E-state index contributed by atoms with van der Waals surface area (Å²) < 4.78 is 3.50. The van der Waals surface area contributed by atoms with Gasteiger partial charge in [-0.25, -0.2) is 9.67 Å². The van der Waals surface area contributed by atoms with Gasteiger partial charge in [-0.15, -0.1) is 0 Å². The number of nitrogens with zero attached hydrogens (tertiary/aromatic N) is 5. The number of fused-ring (bicyclic) bond motifs is 1. The van der Waals surface area contributed by atoms with E-state index in [0.29, 0.717) is 5.56 Å². The van der Waals surface area contributed by atoms with E-state index < -0.39 is 0 Å². The highest BCUT2D eigenvalue weighted by Crippen LogP contribution is 2.30. The lowest BCUT2D eigenvalue weighted by Gasteiger charge is -2.23. The minimum Gasteiger partial charge on any atom is -0.345 e. The van der Waals surface area contributed by atoms with Crippen LogP contribution in [-0.2, 0) is 13.5 Å². The fraction of sp³-hybridized carbons (Fsp3) is 0.294. The zero-order chi connectivity index (χ0) is 16.5. The Morgan fingerprint density at radius 1 is 1.29 bits per heavy atom. The largest absolute Gasteiger partial charge is 0.345 e. The topological polar surface area (TPSA) is 77.6 Å². The summed E-state index contributed by atoms with van der Waals surface area (Å²) >= 11 is 0. The first-order valence-electron chi connectivity index (χ1n) is 8.00. The molecule has 122 valence electrons. The number of nitrogens with one attached hydrogen (secondary N) is 1. The van der Waals surface area contributed by atoms with Gasteiger partial charge in [-0.3, -0.25) is 9.48 Å². The molecule has 1 aliphatic rings. The molecular formula is C17H18N6O. The highest BCUT2D eigenvalue weighted by atomic mass is 16.1. The lowest BCUT2D eigenvalue weighted by Crippen LogP contribution is -2.30. The molecule has 1 N–H and O–H groups in total. The van der Waals surface area contributed by atoms with Gasteiger partial charge in [-0.05, 0) is 31.4 Å². The van der Waals surface area contributed by atoms with Crippen LogP contribution in [0.1, 0.15) is 40.5 Å². The highest BCUT2D eigenvalue weighted by molar-refractivity contribution is 5.94. The molecule has 7 heteroatoms. The van der Waals surface area contributed by atoms with E-state index in [1.54, 1.807) is 30.3 Å². The molecule has 7 nitrogen and oxygen atoms in total. The third-order valence-corrected chi connectivity index (χ3v) is 4.32. The van der Waals surface area contributed by atoms with E-state index in [0.717, 1.165) is 36.3 Å². The summed E-state index contributed by atoms with van der Waals surface area (Å²) in [7, 11) is 1.80. The Hall–Kier alpha value is -2.96. The van der Waals surface area contributed by atoms with Crippen molar-refractivity contribution in [3.05, 3.63) is 59.8 Å². The Bertz CT molecular complexity index is 866. The molecule has 1 aliphatic carbocycles. The fourth-order valence-electron chi connectivity index (χ4n) is 3.16. The van der Waals surface area contributed by atoms with Crippen molar-refractivity contribution >= 4 is 5.91 Å². The van der Waals surface area contributed by atoms with Crippen LogP contribution in [0.15, 0.2) is 43.0 Å². The number of rotatable bonds is 3. The van der Waals surface area contributed by atoms with Gasteiger partial charge < -0.3 is 5.32 Å². The SMILES string of the molecule is Cn1cc(C(=O)N[C@@H]2CCCc3c2cnn3-c2ccccn2)cn1. The molecule has 0 unspecified atom stereocenters. The molecule has 0 fully saturated rings. The predicted molar refractivity (Wildman–Crippen MR) is 87.7 cm³/mol. The Balaban J connectivity index is 1.61. The van der Waals surface area contributed by atoms with Crippen LogP contribution < -0.4 is 5.32 Å². The lowest BCUT2D eigenvalue weighted by atomic mass is 9.92. The molecule has 0 aromatic carbocycles. The van der Waals surface area contributed by atoms with Gasteiger partial charge in [0.05, 0.1) is 29.7 Å². The van der Waals surface area contributed by atoms with Gasteiger partial charge in [0.25, 0.3) is 5.91 Å². The van der Waals surface area contributed by atoms with E-state index in [4.69, 9.17) is 0 Å². The van der Waals surface area contributed by atoms with Crippen LogP contribution in [0.2, 0.25) is 0 Å². The van der Waals surface area contributed by atoms with Crippen LogP contribution in [-0.4, -0.2) is 30.5 Å². The Kier molecular flexibility index (Phi) is 3.60. The van der Waals surface area contributed by atoms with Crippen molar-refractivity contribution in [3.8, 4) is 5.82 Å². The van der Waals surface area contributed by atoms with Crippen molar-refractivity contribution in [2.24, 2.45) is 7.05 Å². The molecule has 3 aromatic heterocycles. The third-order valence-electron chi connectivity index (χ3n) is 4.32. The molecule has 1 amide bonds. The van der Waals surface area contributed by atoms with Crippen LogP contribution in [0.4, 0.5) is 0 Å². The third kappa shape index (κ3) is 2.58. The van der Waals surface area contributed by atoms with Crippen molar-refractivity contribution in [2.75, 3.05) is 0 Å². The molecule has 3 heterocycles. The monoisotopic (exact) mass is 322 g/mol. The molecule has 0 bridgehead atoms. The van der Waals surface area contributed by atoms with Crippen molar-refractivity contribution in [1.29, 1.82) is 0 Å². The first kappa shape index (κ1) is 14.6. The van der Waals surface area contributed by atoms with E-state index >= 15 is 0 Å². The Morgan fingerprint density at radius 3 is 2.96 bits per heavy atom. The summed E-state index contributed by atoms with van der Waals surface area (Å²) in [5.41, 5.74) is 2.77. The van der Waals surface area contributed by atoms with Crippen LogP contribution >= 0.6 is 0 Å². The number of amides is 1. The summed E-state index contributed by atoms with van der Waals surface area (Å²) in [5, 5.41) is 11.6. The average Bonchev–Trinajstić information content (AvgIpc) is 3.22. The van der Waals surface area contributed by atoms with Gasteiger partial charge in [-0.1, -0.05) is 6.07 Å². The van der Waals surface area contributed by atoms with Gasteiger partial charge in [-0.2, -0.15) is 10.2 Å². The minimum absolute atomic E-state index is 0.0288. The summed E-state index contributed by atoms with van der Waals surface area (Å²) in [4.78, 5) is 16.8. The van der Waals surface area contributed by atoms with E-state index in [9.17, 15) is 4.79 Å². The van der Waals surface area contributed by atoms with Gasteiger partial charge >= 0.3 is 0 Å². The standard InChI is InChI=1S/C17H18N6O/c1-22-11-12(9-19-22)17(24)21-14-5-4-6-15-13(14)10-20-23(15)16-7-2-3-8-18-16/h2-3,7-11,14H,4-6H2,1H3,(H,21,24)/t14-/m1/s1. The molecule has 3 aromatic rings. The number of carbonyl (C=O) groups is 1. The van der Waals surface area contributed by atoms with Crippen LogP contribution in [0.25, 0.3) is 5.82 Å². The van der Waals surface area contributed by atoms with Gasteiger partial charge in [0, 0.05) is 25.0 Å². The van der Waals surface area contributed by atoms with Gasteiger partial charge in [0.15, 0.2) is 5.82 Å². The molecule has 0 aliphatic heterocycles. The maximum atomic E-state index is 12.4. The van der Waals surface area contributed by atoms with Crippen LogP contribution in [0, 0.1) is 0 Å². The van der Waals surface area contributed by atoms with Gasteiger partial charge in [0.2, 0.25) is 0 Å². The normalized spacial score (nSPS) is 16.6. The predicted octanol–water partition coefficient (Wildman–Crippen LogP) is 1.81. The molecule has 0 saturated carbocycles. The number of hydrogen-bond acceptors (Lipinski definition) is 4. The van der Waals surface area contributed by atoms with E-state index in [1.807, 2.05) is 29.1 Å². The van der Waals surface area contributed by atoms with E-state index in [2.05, 4.69) is 20.5 Å². The minimum atomic E-state index is -0.105. The number of pyridine rings is 1.